The minimum Gasteiger partial charge on any atom is -0.490 e. The Morgan fingerprint density at radius 2 is 0.815 bits per heavy atom. The van der Waals surface area contributed by atoms with Gasteiger partial charge < -0.3 is 74.0 Å². The summed E-state index contributed by atoms with van der Waals surface area (Å²) in [5.74, 6) is 0.209. The lowest BCUT2D eigenvalue weighted by Crippen LogP contribution is -2.46. The van der Waals surface area contributed by atoms with Crippen molar-refractivity contribution in [3.8, 4) is 63.2 Å². The third-order valence-corrected chi connectivity index (χ3v) is 19.3. The zero-order valence-corrected chi connectivity index (χ0v) is 70.2. The number of pyridine rings is 3. The van der Waals surface area contributed by atoms with Crippen LogP contribution in [-0.4, -0.2) is 175 Å². The van der Waals surface area contributed by atoms with Gasteiger partial charge in [0.1, 0.15) is 46.3 Å². The van der Waals surface area contributed by atoms with Crippen LogP contribution in [0.2, 0.25) is 5.02 Å². The molecule has 119 heavy (non-hydrogen) atoms. The van der Waals surface area contributed by atoms with Crippen LogP contribution >= 0.6 is 11.6 Å². The van der Waals surface area contributed by atoms with Crippen LogP contribution < -0.4 is 40.8 Å². The smallest absolute Gasteiger partial charge is 0.251 e. The van der Waals surface area contributed by atoms with Crippen molar-refractivity contribution in [1.29, 1.82) is 10.5 Å². The number of nitriles is 2. The summed E-state index contributed by atoms with van der Waals surface area (Å²) in [6.07, 6.45) is 13.0. The van der Waals surface area contributed by atoms with Crippen LogP contribution in [0.3, 0.4) is 0 Å². The van der Waals surface area contributed by atoms with Gasteiger partial charge in [-0.2, -0.15) is 10.5 Å². The van der Waals surface area contributed by atoms with Crippen LogP contribution in [0.5, 0.6) is 17.2 Å². The van der Waals surface area contributed by atoms with Gasteiger partial charge in [-0.05, 0) is 217 Å². The van der Waals surface area contributed by atoms with Gasteiger partial charge in [0.25, 0.3) is 17.7 Å². The number of halogens is 1. The normalized spacial score (nSPS) is 12.2. The van der Waals surface area contributed by atoms with Crippen molar-refractivity contribution in [2.75, 3.05) is 61.0 Å². The number of imidazole rings is 3. The first-order valence-corrected chi connectivity index (χ1v) is 39.9. The topological polar surface area (TPSA) is 320 Å². The molecular formula is C93H104ClN15O10. The maximum atomic E-state index is 13.3. The highest BCUT2D eigenvalue weighted by Gasteiger charge is 2.24. The van der Waals surface area contributed by atoms with Gasteiger partial charge >= 0.3 is 0 Å². The minimum absolute atomic E-state index is 0.00989. The number of carbonyl (C=O) groups is 5. The zero-order chi connectivity index (χ0) is 85.6. The number of aromatic nitrogens is 6. The highest BCUT2D eigenvalue weighted by molar-refractivity contribution is 6.32. The maximum absolute atomic E-state index is 13.3. The molecular weight excluding hydrogens is 1520 g/mol. The molecule has 12 aromatic rings. The molecule has 0 bridgehead atoms. The standard InChI is InChI=1S/C33H38N6O4.C32H36N6O3.C28H30ClN3O3/c1-21(2)43-30-13-12-25(16-26(30)17-34)33(42)36-27(18-35-31(41)20-38(4)5)15-23-8-10-24(11-9-23)29-19-39-14-6-7-28(22(3)40)32(39)37-29;1-21(2)41-29-13-12-25(16-26(29)17-33)32(40)35-27(18-34-30(39)20-37(4)5)15-23-8-10-24(11-9-23)28-19-38-14-6-7-22(3)31(38)36-28;1-18(2)35-26-11-10-22(16-24(26)29)28(34)30-23(12-14-33)15-20-6-8-21(9-7-20)25-17-32-13-4-5-19(3)27(32)31-25/h6-14,16,19,21-22,27,40H,15,18,20H2,1-5H3,(H,35,41)(H,36,42);6-14,16,19,21,27H,15,18,20H2,1-5H3,(H,34,39)(H,35,40);4-11,13,16-18,23,33H,12,14-15H2,1-3H3,(H,30,34)/t22?,27-;27-;23-/m001/s1. The van der Waals surface area contributed by atoms with Crippen molar-refractivity contribution in [3.05, 3.63) is 267 Å². The fourth-order valence-corrected chi connectivity index (χ4v) is 13.5. The molecule has 618 valence electrons. The molecule has 0 saturated heterocycles. The Kier molecular flexibility index (Phi) is 31.2. The van der Waals surface area contributed by atoms with Crippen molar-refractivity contribution in [2.45, 2.75) is 131 Å². The molecule has 0 aliphatic rings. The molecule has 0 spiro atoms. The van der Waals surface area contributed by atoms with E-state index in [4.69, 9.17) is 40.8 Å². The van der Waals surface area contributed by atoms with Crippen LogP contribution in [0.4, 0.5) is 0 Å². The number of aryl methyl sites for hydroxylation is 2. The Labute approximate surface area is 699 Å². The molecule has 7 N–H and O–H groups in total. The predicted octanol–water partition coefficient (Wildman–Crippen LogP) is 13.2. The van der Waals surface area contributed by atoms with E-state index in [1.54, 1.807) is 59.2 Å². The maximum Gasteiger partial charge on any atom is 0.251 e. The number of carbonyl (C=O) groups excluding carboxylic acids is 5. The number of rotatable bonds is 32. The number of ether oxygens (including phenoxy) is 3. The second-order valence-corrected chi connectivity index (χ2v) is 31.1. The highest BCUT2D eigenvalue weighted by atomic mass is 35.5. The number of aliphatic hydroxyl groups excluding tert-OH is 2. The van der Waals surface area contributed by atoms with Gasteiger partial charge in [0.05, 0.1) is 82.8 Å². The highest BCUT2D eigenvalue weighted by Crippen LogP contribution is 2.30. The fourth-order valence-electron chi connectivity index (χ4n) is 13.3. The average Bonchev–Trinajstić information content (AvgIpc) is 1.67. The summed E-state index contributed by atoms with van der Waals surface area (Å²) in [7, 11) is 7.27. The Balaban J connectivity index is 0.000000189. The first-order chi connectivity index (χ1) is 57.0. The molecule has 0 fully saturated rings. The Morgan fingerprint density at radius 3 is 1.17 bits per heavy atom. The largest absolute Gasteiger partial charge is 0.490 e. The second kappa shape index (κ2) is 41.9. The summed E-state index contributed by atoms with van der Waals surface area (Å²) in [5, 5.41) is 54.1. The molecule has 0 aliphatic carbocycles. The molecule has 6 aromatic heterocycles. The van der Waals surface area contributed by atoms with Crippen LogP contribution in [0.1, 0.15) is 137 Å². The van der Waals surface area contributed by atoms with Gasteiger partial charge in [-0.3, -0.25) is 24.0 Å². The Bertz CT molecular complexity index is 5590. The van der Waals surface area contributed by atoms with Crippen LogP contribution in [-0.2, 0) is 28.9 Å². The third-order valence-electron chi connectivity index (χ3n) is 19.0. The van der Waals surface area contributed by atoms with Gasteiger partial charge in [-0.15, -0.1) is 0 Å². The number of nitrogens with one attached hydrogen (secondary N) is 5. The van der Waals surface area contributed by atoms with E-state index in [1.807, 2.05) is 243 Å². The molecule has 0 saturated carbocycles. The van der Waals surface area contributed by atoms with E-state index in [1.165, 1.54) is 12.1 Å². The second-order valence-electron chi connectivity index (χ2n) is 30.7. The summed E-state index contributed by atoms with van der Waals surface area (Å²) in [5.41, 5.74) is 15.8. The van der Waals surface area contributed by atoms with E-state index in [2.05, 4.69) is 38.7 Å². The molecule has 26 heteroatoms. The van der Waals surface area contributed by atoms with E-state index >= 15 is 0 Å². The third kappa shape index (κ3) is 25.1. The number of amides is 5. The summed E-state index contributed by atoms with van der Waals surface area (Å²) in [6.45, 7) is 18.1. The molecule has 1 unspecified atom stereocenters. The molecule has 6 heterocycles. The summed E-state index contributed by atoms with van der Waals surface area (Å²) in [6, 6.07) is 53.7. The Hall–Kier alpha value is -12.8. The van der Waals surface area contributed by atoms with Crippen molar-refractivity contribution in [2.24, 2.45) is 0 Å². The predicted molar refractivity (Wildman–Crippen MR) is 463 cm³/mol. The summed E-state index contributed by atoms with van der Waals surface area (Å²) in [4.78, 5) is 81.9. The SMILES string of the molecule is CC(C)Oc1ccc(C(=O)N[C@H](CNC(=O)CN(C)C)Cc2ccc(-c3cn4cccc(C(C)O)c4n3)cc2)cc1C#N.Cc1cccn2cc(-c3ccc(C[C@@H](CCO)NC(=O)c4ccc(OC(C)C)c(Cl)c4)cc3)nc12.Cc1cccn2cc(-c3ccc(C[C@@H](CNC(=O)CN(C)C)NC(=O)c4ccc(OC(C)C)c(C#N)c4)cc3)nc12. The van der Waals surface area contributed by atoms with Crippen LogP contribution in [0.15, 0.2) is 201 Å². The van der Waals surface area contributed by atoms with Gasteiger partial charge in [-0.1, -0.05) is 103 Å². The molecule has 6 aromatic carbocycles. The van der Waals surface area contributed by atoms with Crippen molar-refractivity contribution < 1.29 is 48.4 Å². The molecule has 5 amide bonds. The van der Waals surface area contributed by atoms with Crippen molar-refractivity contribution in [3.63, 3.8) is 0 Å². The van der Waals surface area contributed by atoms with E-state index in [9.17, 15) is 44.7 Å². The number of aliphatic hydroxyl groups is 2. The van der Waals surface area contributed by atoms with Crippen LogP contribution in [0.25, 0.3) is 50.7 Å². The van der Waals surface area contributed by atoms with E-state index in [-0.39, 0.29) is 98.3 Å². The van der Waals surface area contributed by atoms with E-state index in [0.29, 0.717) is 75.9 Å². The molecule has 0 aliphatic heterocycles. The fraction of sp³-hybridized carbons (Fsp3) is 0.312. The van der Waals surface area contributed by atoms with Crippen molar-refractivity contribution >= 4 is 58.1 Å². The summed E-state index contributed by atoms with van der Waals surface area (Å²) >= 11 is 6.29. The van der Waals surface area contributed by atoms with Gasteiger partial charge in [0.15, 0.2) is 0 Å². The zero-order valence-electron chi connectivity index (χ0n) is 69.5. The average molecular weight is 1630 g/mol. The molecule has 12 rings (SSSR count). The molecule has 4 atom stereocenters. The Morgan fingerprint density at radius 1 is 0.471 bits per heavy atom. The van der Waals surface area contributed by atoms with E-state index < -0.39 is 12.1 Å². The molecule has 0 radical (unpaired) electrons. The number of likely N-dealkylation sites (N-methyl/N-ethyl adjacent to an activating group) is 2. The lowest BCUT2D eigenvalue weighted by atomic mass is 10.0. The number of fused-ring (bicyclic) bond motifs is 3. The number of nitrogens with zero attached hydrogens (tertiary/aromatic N) is 10. The first kappa shape index (κ1) is 88.6. The number of hydrogen-bond donors (Lipinski definition) is 7. The van der Waals surface area contributed by atoms with E-state index in [0.717, 1.165) is 78.4 Å². The number of benzene rings is 6. The monoisotopic (exact) mass is 1630 g/mol. The molecule has 25 nitrogen and oxygen atoms in total. The minimum atomic E-state index is -0.635. The first-order valence-electron chi connectivity index (χ1n) is 39.6. The lowest BCUT2D eigenvalue weighted by molar-refractivity contribution is -0.122. The number of hydrogen-bond acceptors (Lipinski definition) is 17. The quantitative estimate of drug-likeness (QED) is 0.0206. The van der Waals surface area contributed by atoms with Gasteiger partial charge in [-0.25, -0.2) is 15.0 Å². The van der Waals surface area contributed by atoms with Gasteiger partial charge in [0, 0.05) is 102 Å². The van der Waals surface area contributed by atoms with Crippen LogP contribution in [0, 0.1) is 36.5 Å². The lowest BCUT2D eigenvalue weighted by Gasteiger charge is -2.21. The summed E-state index contributed by atoms with van der Waals surface area (Å²) < 4.78 is 22.9. The van der Waals surface area contributed by atoms with Crippen molar-refractivity contribution in [1.82, 2.24) is 64.5 Å². The van der Waals surface area contributed by atoms with Gasteiger partial charge in [0.2, 0.25) is 11.8 Å².